The van der Waals surface area contributed by atoms with Crippen LogP contribution >= 0.6 is 0 Å². The number of rotatable bonds is 7. The molecule has 0 aliphatic rings. The van der Waals surface area contributed by atoms with Crippen LogP contribution in [0.3, 0.4) is 0 Å². The first-order valence-corrected chi connectivity index (χ1v) is 7.46. The van der Waals surface area contributed by atoms with Crippen molar-refractivity contribution in [2.24, 2.45) is 0 Å². The van der Waals surface area contributed by atoms with Crippen LogP contribution in [0.2, 0.25) is 0 Å². The molecule has 122 valence electrons. The molecule has 1 N–H and O–H groups in total. The third-order valence-corrected chi connectivity index (χ3v) is 3.32. The third-order valence-electron chi connectivity index (χ3n) is 3.32. The Labute approximate surface area is 132 Å². The Morgan fingerprint density at radius 2 is 1.91 bits per heavy atom. The van der Waals surface area contributed by atoms with Gasteiger partial charge in [0.15, 0.2) is 6.10 Å². The van der Waals surface area contributed by atoms with Gasteiger partial charge < -0.3 is 14.8 Å². The number of aryl methyl sites for hydroxylation is 1. The van der Waals surface area contributed by atoms with Gasteiger partial charge in [0.05, 0.1) is 13.5 Å². The van der Waals surface area contributed by atoms with Gasteiger partial charge in [-0.3, -0.25) is 9.59 Å². The molecule has 0 spiro atoms. The highest BCUT2D eigenvalue weighted by molar-refractivity contribution is 5.81. The van der Waals surface area contributed by atoms with Gasteiger partial charge in [0, 0.05) is 6.54 Å². The number of carbonyl (C=O) groups excluding carboxylic acids is 2. The van der Waals surface area contributed by atoms with Crippen molar-refractivity contribution in [2.75, 3.05) is 13.7 Å². The molecule has 5 heteroatoms. The molecule has 0 saturated heterocycles. The predicted octanol–water partition coefficient (Wildman–Crippen LogP) is 2.57. The number of methoxy groups -OCH3 is 1. The predicted molar refractivity (Wildman–Crippen MR) is 85.0 cm³/mol. The molecule has 0 saturated carbocycles. The van der Waals surface area contributed by atoms with Crippen LogP contribution in [-0.2, 0) is 14.3 Å². The largest absolute Gasteiger partial charge is 0.481 e. The fraction of sp³-hybridized carbons (Fsp3) is 0.529. The van der Waals surface area contributed by atoms with Crippen LogP contribution in [0.1, 0.15) is 44.2 Å². The van der Waals surface area contributed by atoms with Crippen molar-refractivity contribution in [1.82, 2.24) is 5.32 Å². The van der Waals surface area contributed by atoms with E-state index in [9.17, 15) is 9.59 Å². The van der Waals surface area contributed by atoms with Crippen molar-refractivity contribution >= 4 is 11.9 Å². The summed E-state index contributed by atoms with van der Waals surface area (Å²) in [5.41, 5.74) is 2.15. The zero-order valence-corrected chi connectivity index (χ0v) is 13.9. The summed E-state index contributed by atoms with van der Waals surface area (Å²) in [6.07, 6.45) is -0.478. The number of amides is 1. The zero-order chi connectivity index (χ0) is 16.7. The Hall–Kier alpha value is -2.04. The molecule has 1 rings (SSSR count). The zero-order valence-electron chi connectivity index (χ0n) is 13.9. The monoisotopic (exact) mass is 307 g/mol. The Morgan fingerprint density at radius 1 is 1.23 bits per heavy atom. The second-order valence-corrected chi connectivity index (χ2v) is 5.57. The van der Waals surface area contributed by atoms with Gasteiger partial charge in [-0.1, -0.05) is 26.0 Å². The molecule has 0 aromatic heterocycles. The Balaban J connectivity index is 2.64. The van der Waals surface area contributed by atoms with Gasteiger partial charge >= 0.3 is 5.97 Å². The average molecular weight is 307 g/mol. The van der Waals surface area contributed by atoms with Crippen molar-refractivity contribution in [3.8, 4) is 5.75 Å². The number of ether oxygens (including phenoxy) is 2. The van der Waals surface area contributed by atoms with E-state index in [-0.39, 0.29) is 24.8 Å². The molecule has 0 bridgehead atoms. The van der Waals surface area contributed by atoms with Crippen LogP contribution in [0.25, 0.3) is 0 Å². The number of hydrogen-bond donors (Lipinski definition) is 1. The number of carbonyl (C=O) groups is 2. The van der Waals surface area contributed by atoms with Crippen LogP contribution in [-0.4, -0.2) is 31.6 Å². The van der Waals surface area contributed by atoms with E-state index in [4.69, 9.17) is 4.74 Å². The third kappa shape index (κ3) is 5.39. The second kappa shape index (κ2) is 8.41. The summed E-state index contributed by atoms with van der Waals surface area (Å²) >= 11 is 0. The fourth-order valence-electron chi connectivity index (χ4n) is 2.00. The van der Waals surface area contributed by atoms with E-state index >= 15 is 0 Å². The van der Waals surface area contributed by atoms with Gasteiger partial charge in [0.1, 0.15) is 5.75 Å². The van der Waals surface area contributed by atoms with Crippen molar-refractivity contribution in [2.45, 2.75) is 46.1 Å². The SMILES string of the molecule is COC(=O)CCNC(=O)C(C)Oc1cc(C)ccc1C(C)C. The minimum atomic E-state index is -0.628. The van der Waals surface area contributed by atoms with Gasteiger partial charge in [0.25, 0.3) is 5.91 Å². The van der Waals surface area contributed by atoms with Crippen LogP contribution in [0.15, 0.2) is 18.2 Å². The molecule has 5 nitrogen and oxygen atoms in total. The van der Waals surface area contributed by atoms with Crippen LogP contribution in [0, 0.1) is 6.92 Å². The van der Waals surface area contributed by atoms with Gasteiger partial charge in [-0.05, 0) is 37.0 Å². The molecule has 0 heterocycles. The molecule has 1 unspecified atom stereocenters. The summed E-state index contributed by atoms with van der Waals surface area (Å²) in [5, 5.41) is 2.67. The molecule has 0 radical (unpaired) electrons. The fourth-order valence-corrected chi connectivity index (χ4v) is 2.00. The van der Waals surface area contributed by atoms with Crippen molar-refractivity contribution in [3.63, 3.8) is 0 Å². The van der Waals surface area contributed by atoms with E-state index in [1.807, 2.05) is 25.1 Å². The minimum absolute atomic E-state index is 0.149. The Kier molecular flexibility index (Phi) is 6.89. The van der Waals surface area contributed by atoms with E-state index in [1.165, 1.54) is 7.11 Å². The Bertz CT molecular complexity index is 525. The first-order chi connectivity index (χ1) is 10.3. The quantitative estimate of drug-likeness (QED) is 0.786. The van der Waals surface area contributed by atoms with Crippen LogP contribution in [0.4, 0.5) is 0 Å². The molecule has 0 fully saturated rings. The first kappa shape index (κ1) is 18.0. The Morgan fingerprint density at radius 3 is 2.50 bits per heavy atom. The maximum atomic E-state index is 12.0. The number of benzene rings is 1. The summed E-state index contributed by atoms with van der Waals surface area (Å²) in [7, 11) is 1.32. The summed E-state index contributed by atoms with van der Waals surface area (Å²) in [4.78, 5) is 23.0. The lowest BCUT2D eigenvalue weighted by molar-refractivity contribution is -0.140. The van der Waals surface area contributed by atoms with Gasteiger partial charge in [-0.2, -0.15) is 0 Å². The van der Waals surface area contributed by atoms with Crippen LogP contribution in [0.5, 0.6) is 5.75 Å². The lowest BCUT2D eigenvalue weighted by atomic mass is 10.0. The normalized spacial score (nSPS) is 11.9. The summed E-state index contributed by atoms with van der Waals surface area (Å²) < 4.78 is 10.3. The van der Waals surface area contributed by atoms with Gasteiger partial charge in [-0.25, -0.2) is 0 Å². The number of nitrogens with one attached hydrogen (secondary N) is 1. The highest BCUT2D eigenvalue weighted by atomic mass is 16.5. The first-order valence-electron chi connectivity index (χ1n) is 7.46. The topological polar surface area (TPSA) is 64.6 Å². The van der Waals surface area contributed by atoms with Crippen molar-refractivity contribution in [3.05, 3.63) is 29.3 Å². The van der Waals surface area contributed by atoms with E-state index in [0.29, 0.717) is 5.92 Å². The highest BCUT2D eigenvalue weighted by Gasteiger charge is 2.17. The van der Waals surface area contributed by atoms with E-state index in [2.05, 4.69) is 23.9 Å². The van der Waals surface area contributed by atoms with E-state index < -0.39 is 6.10 Å². The second-order valence-electron chi connectivity index (χ2n) is 5.57. The lowest BCUT2D eigenvalue weighted by Gasteiger charge is -2.19. The van der Waals surface area contributed by atoms with E-state index in [1.54, 1.807) is 6.92 Å². The lowest BCUT2D eigenvalue weighted by Crippen LogP contribution is -2.37. The smallest absolute Gasteiger partial charge is 0.307 e. The molecule has 22 heavy (non-hydrogen) atoms. The van der Waals surface area contributed by atoms with Crippen molar-refractivity contribution < 1.29 is 19.1 Å². The highest BCUT2D eigenvalue weighted by Crippen LogP contribution is 2.28. The molecule has 1 aromatic carbocycles. The van der Waals surface area contributed by atoms with Crippen LogP contribution < -0.4 is 10.1 Å². The average Bonchev–Trinajstić information content (AvgIpc) is 2.46. The maximum absolute atomic E-state index is 12.0. The molecule has 1 aromatic rings. The molecule has 0 aliphatic heterocycles. The summed E-state index contributed by atoms with van der Waals surface area (Å²) in [6, 6.07) is 5.99. The molecule has 0 aliphatic carbocycles. The molecular formula is C17H25NO4. The van der Waals surface area contributed by atoms with Gasteiger partial charge in [-0.15, -0.1) is 0 Å². The number of hydrogen-bond acceptors (Lipinski definition) is 4. The standard InChI is InChI=1S/C17H25NO4/c1-11(2)14-7-6-12(3)10-15(14)22-13(4)17(20)18-9-8-16(19)21-5/h6-7,10-11,13H,8-9H2,1-5H3,(H,18,20). The molecular weight excluding hydrogens is 282 g/mol. The molecule has 1 amide bonds. The minimum Gasteiger partial charge on any atom is -0.481 e. The maximum Gasteiger partial charge on any atom is 0.307 e. The number of esters is 1. The molecule has 1 atom stereocenters. The summed E-state index contributed by atoms with van der Waals surface area (Å²) in [6.45, 7) is 8.08. The van der Waals surface area contributed by atoms with Gasteiger partial charge in [0.2, 0.25) is 0 Å². The van der Waals surface area contributed by atoms with Crippen molar-refractivity contribution in [1.29, 1.82) is 0 Å². The summed E-state index contributed by atoms with van der Waals surface area (Å²) in [5.74, 6) is 0.436. The van der Waals surface area contributed by atoms with E-state index in [0.717, 1.165) is 16.9 Å².